The van der Waals surface area contributed by atoms with E-state index in [0.717, 1.165) is 16.7 Å². The maximum absolute atomic E-state index is 12.4. The number of carboxylic acid groups (broad SMARTS) is 1. The van der Waals surface area contributed by atoms with Gasteiger partial charge in [0.05, 0.1) is 5.56 Å². The van der Waals surface area contributed by atoms with E-state index in [2.05, 4.69) is 0 Å². The van der Waals surface area contributed by atoms with Gasteiger partial charge in [-0.25, -0.2) is 4.79 Å². The Labute approximate surface area is 144 Å². The molecule has 122 valence electrons. The van der Waals surface area contributed by atoms with E-state index in [1.165, 1.54) is 12.1 Å². The molecule has 0 unspecified atom stereocenters. The first kappa shape index (κ1) is 15.1. The highest BCUT2D eigenvalue weighted by Crippen LogP contribution is 2.29. The minimum Gasteiger partial charge on any atom is -0.478 e. The number of hydrogen-bond acceptors (Lipinski definition) is 3. The summed E-state index contributed by atoms with van der Waals surface area (Å²) in [6.45, 7) is 0. The summed E-state index contributed by atoms with van der Waals surface area (Å²) in [5.41, 5.74) is 3.52. The van der Waals surface area contributed by atoms with E-state index in [1.54, 1.807) is 18.2 Å². The predicted molar refractivity (Wildman–Crippen MR) is 93.6 cm³/mol. The molecule has 4 rings (SSSR count). The van der Waals surface area contributed by atoms with Crippen LogP contribution in [0, 0.1) is 0 Å². The molecule has 0 saturated carbocycles. The first-order chi connectivity index (χ1) is 12.1. The van der Waals surface area contributed by atoms with E-state index < -0.39 is 5.97 Å². The van der Waals surface area contributed by atoms with E-state index >= 15 is 0 Å². The van der Waals surface area contributed by atoms with Crippen molar-refractivity contribution >= 4 is 17.8 Å². The molecule has 0 saturated heterocycles. The van der Waals surface area contributed by atoms with Gasteiger partial charge in [-0.3, -0.25) is 4.79 Å². The Morgan fingerprint density at radius 3 is 2.48 bits per heavy atom. The second kappa shape index (κ2) is 5.91. The molecule has 1 aliphatic rings. The molecular formula is C21H14O4. The fourth-order valence-corrected chi connectivity index (χ4v) is 3.01. The number of furan rings is 1. The third-order valence-corrected chi connectivity index (χ3v) is 4.29. The molecule has 1 heterocycles. The van der Waals surface area contributed by atoms with Crippen molar-refractivity contribution in [1.29, 1.82) is 0 Å². The molecule has 0 amide bonds. The van der Waals surface area contributed by atoms with Crippen molar-refractivity contribution in [3.05, 3.63) is 88.7 Å². The lowest BCUT2D eigenvalue weighted by molar-refractivity contribution is 0.0696. The highest BCUT2D eigenvalue weighted by atomic mass is 16.4. The average molecular weight is 330 g/mol. The highest BCUT2D eigenvalue weighted by molar-refractivity contribution is 6.15. The van der Waals surface area contributed by atoms with Crippen molar-refractivity contribution in [3.63, 3.8) is 0 Å². The number of carbonyl (C=O) groups is 2. The topological polar surface area (TPSA) is 67.5 Å². The summed E-state index contributed by atoms with van der Waals surface area (Å²) >= 11 is 0. The van der Waals surface area contributed by atoms with E-state index in [0.29, 0.717) is 23.5 Å². The smallest absolute Gasteiger partial charge is 0.335 e. The predicted octanol–water partition coefficient (Wildman–Crippen LogP) is 4.47. The third kappa shape index (κ3) is 2.78. The first-order valence-corrected chi connectivity index (χ1v) is 7.88. The average Bonchev–Trinajstić information content (AvgIpc) is 3.21. The summed E-state index contributed by atoms with van der Waals surface area (Å²) in [6.07, 6.45) is 2.38. The monoisotopic (exact) mass is 330 g/mol. The van der Waals surface area contributed by atoms with E-state index in [1.807, 2.05) is 36.4 Å². The van der Waals surface area contributed by atoms with Gasteiger partial charge < -0.3 is 9.52 Å². The van der Waals surface area contributed by atoms with Gasteiger partial charge in [0.2, 0.25) is 0 Å². The molecule has 4 nitrogen and oxygen atoms in total. The Morgan fingerprint density at radius 1 is 1.00 bits per heavy atom. The summed E-state index contributed by atoms with van der Waals surface area (Å²) < 4.78 is 5.80. The standard InChI is InChI=1S/C21H14O4/c22-20-16(11-15-3-1-2-4-18(15)20)12-17-9-10-19(25-17)13-5-7-14(8-6-13)21(23)24/h1-10,12H,11H2,(H,23,24)/b16-12+. The fraction of sp³-hybridized carbons (Fsp3) is 0.0476. The zero-order valence-corrected chi connectivity index (χ0v) is 13.2. The van der Waals surface area contributed by atoms with Gasteiger partial charge in [0, 0.05) is 23.1 Å². The van der Waals surface area contributed by atoms with Crippen LogP contribution in [0.3, 0.4) is 0 Å². The third-order valence-electron chi connectivity index (χ3n) is 4.29. The Morgan fingerprint density at radius 2 is 1.76 bits per heavy atom. The largest absolute Gasteiger partial charge is 0.478 e. The zero-order valence-electron chi connectivity index (χ0n) is 13.2. The Hall–Kier alpha value is -3.40. The summed E-state index contributed by atoms with van der Waals surface area (Å²) in [4.78, 5) is 23.3. The molecule has 0 spiro atoms. The van der Waals surface area contributed by atoms with Gasteiger partial charge in [-0.1, -0.05) is 36.4 Å². The quantitative estimate of drug-likeness (QED) is 0.720. The second-order valence-electron chi connectivity index (χ2n) is 5.92. The number of aromatic carboxylic acids is 1. The number of hydrogen-bond donors (Lipinski definition) is 1. The van der Waals surface area contributed by atoms with Gasteiger partial charge in [0.15, 0.2) is 5.78 Å². The maximum Gasteiger partial charge on any atom is 0.335 e. The lowest BCUT2D eigenvalue weighted by atomic mass is 10.1. The summed E-state index contributed by atoms with van der Waals surface area (Å²) in [6, 6.07) is 17.7. The van der Waals surface area contributed by atoms with Gasteiger partial charge in [-0.05, 0) is 35.9 Å². The molecule has 4 heteroatoms. The summed E-state index contributed by atoms with van der Waals surface area (Å²) in [7, 11) is 0. The molecule has 0 fully saturated rings. The molecule has 0 aliphatic heterocycles. The van der Waals surface area contributed by atoms with Crippen LogP contribution in [-0.4, -0.2) is 16.9 Å². The normalized spacial score (nSPS) is 14.7. The van der Waals surface area contributed by atoms with Crippen molar-refractivity contribution in [2.24, 2.45) is 0 Å². The van der Waals surface area contributed by atoms with Crippen molar-refractivity contribution in [2.45, 2.75) is 6.42 Å². The molecule has 1 N–H and O–H groups in total. The summed E-state index contributed by atoms with van der Waals surface area (Å²) in [5.74, 6) is 0.315. The van der Waals surface area contributed by atoms with Crippen LogP contribution in [0.4, 0.5) is 0 Å². The van der Waals surface area contributed by atoms with Crippen LogP contribution < -0.4 is 0 Å². The fourth-order valence-electron chi connectivity index (χ4n) is 3.01. The molecule has 2 aromatic carbocycles. The lowest BCUT2D eigenvalue weighted by Crippen LogP contribution is -1.94. The van der Waals surface area contributed by atoms with Crippen LogP contribution in [0.25, 0.3) is 17.4 Å². The molecule has 1 aliphatic carbocycles. The molecular weight excluding hydrogens is 316 g/mol. The zero-order chi connectivity index (χ0) is 17.4. The molecule has 0 bridgehead atoms. The van der Waals surface area contributed by atoms with Crippen LogP contribution in [0.15, 0.2) is 70.7 Å². The highest BCUT2D eigenvalue weighted by Gasteiger charge is 2.24. The van der Waals surface area contributed by atoms with Crippen LogP contribution in [-0.2, 0) is 6.42 Å². The van der Waals surface area contributed by atoms with Gasteiger partial charge >= 0.3 is 5.97 Å². The number of ketones is 1. The number of Topliss-reactive ketones (excluding diaryl/α,β-unsaturated/α-hetero) is 1. The van der Waals surface area contributed by atoms with Crippen LogP contribution in [0.1, 0.15) is 32.0 Å². The lowest BCUT2D eigenvalue weighted by Gasteiger charge is -1.98. The maximum atomic E-state index is 12.4. The van der Waals surface area contributed by atoms with E-state index in [9.17, 15) is 9.59 Å². The van der Waals surface area contributed by atoms with Crippen molar-refractivity contribution in [3.8, 4) is 11.3 Å². The number of carbonyl (C=O) groups excluding carboxylic acids is 1. The Kier molecular flexibility index (Phi) is 3.58. The molecule has 1 aromatic heterocycles. The molecule has 25 heavy (non-hydrogen) atoms. The van der Waals surface area contributed by atoms with Gasteiger partial charge in [-0.2, -0.15) is 0 Å². The number of carboxylic acids is 1. The van der Waals surface area contributed by atoms with Gasteiger partial charge in [-0.15, -0.1) is 0 Å². The summed E-state index contributed by atoms with van der Waals surface area (Å²) in [5, 5.41) is 8.95. The minimum absolute atomic E-state index is 0.0411. The van der Waals surface area contributed by atoms with Crippen molar-refractivity contribution in [1.82, 2.24) is 0 Å². The number of fused-ring (bicyclic) bond motifs is 1. The number of allylic oxidation sites excluding steroid dienone is 1. The molecule has 0 radical (unpaired) electrons. The second-order valence-corrected chi connectivity index (χ2v) is 5.92. The Bertz CT molecular complexity index is 1010. The van der Waals surface area contributed by atoms with Crippen LogP contribution in [0.2, 0.25) is 0 Å². The van der Waals surface area contributed by atoms with Crippen molar-refractivity contribution in [2.75, 3.05) is 0 Å². The molecule has 3 aromatic rings. The van der Waals surface area contributed by atoms with Crippen LogP contribution in [0.5, 0.6) is 0 Å². The van der Waals surface area contributed by atoms with Crippen molar-refractivity contribution < 1.29 is 19.1 Å². The van der Waals surface area contributed by atoms with E-state index in [4.69, 9.17) is 9.52 Å². The Balaban J connectivity index is 1.60. The number of rotatable bonds is 3. The number of benzene rings is 2. The minimum atomic E-state index is -0.962. The first-order valence-electron chi connectivity index (χ1n) is 7.88. The molecule has 0 atom stereocenters. The van der Waals surface area contributed by atoms with Crippen LogP contribution >= 0.6 is 0 Å². The van der Waals surface area contributed by atoms with Gasteiger partial charge in [0.1, 0.15) is 11.5 Å². The SMILES string of the molecule is O=C(O)c1ccc(-c2ccc(/C=C3\Cc4ccccc4C3=O)o2)cc1. The van der Waals surface area contributed by atoms with Gasteiger partial charge in [0.25, 0.3) is 0 Å². The van der Waals surface area contributed by atoms with E-state index in [-0.39, 0.29) is 11.3 Å².